The zero-order valence-corrected chi connectivity index (χ0v) is 20.2. The first-order chi connectivity index (χ1) is 15.7. The van der Waals surface area contributed by atoms with Crippen LogP contribution in [0.15, 0.2) is 53.4 Å². The SMILES string of the molecule is C[C@@H]1CN(S(=O)(=O)c2ccc(C(=O)Nc3ccccc3N3CCN(C)CC3)cc2)C[C@@H](C)O1. The van der Waals surface area contributed by atoms with E-state index in [1.54, 1.807) is 12.1 Å². The fourth-order valence-corrected chi connectivity index (χ4v) is 5.94. The van der Waals surface area contributed by atoms with Crippen LogP contribution in [0.25, 0.3) is 0 Å². The van der Waals surface area contributed by atoms with Gasteiger partial charge in [0.25, 0.3) is 5.91 Å². The van der Waals surface area contributed by atoms with Gasteiger partial charge in [0.15, 0.2) is 0 Å². The number of sulfonamides is 1. The van der Waals surface area contributed by atoms with Gasteiger partial charge in [0.2, 0.25) is 10.0 Å². The highest BCUT2D eigenvalue weighted by atomic mass is 32.2. The number of anilines is 2. The van der Waals surface area contributed by atoms with Gasteiger partial charge in [0, 0.05) is 44.8 Å². The number of nitrogens with one attached hydrogen (secondary N) is 1. The number of carbonyl (C=O) groups is 1. The molecule has 0 unspecified atom stereocenters. The molecule has 4 rings (SSSR count). The van der Waals surface area contributed by atoms with E-state index in [0.29, 0.717) is 18.7 Å². The maximum atomic E-state index is 13.1. The van der Waals surface area contributed by atoms with E-state index in [1.165, 1.54) is 16.4 Å². The monoisotopic (exact) mass is 472 g/mol. The second-order valence-electron chi connectivity index (χ2n) is 8.87. The number of morpholine rings is 1. The van der Waals surface area contributed by atoms with Crippen molar-refractivity contribution in [2.45, 2.75) is 31.0 Å². The number of hydrogen-bond acceptors (Lipinski definition) is 6. The van der Waals surface area contributed by atoms with Gasteiger partial charge >= 0.3 is 0 Å². The van der Waals surface area contributed by atoms with Crippen LogP contribution in [-0.2, 0) is 14.8 Å². The summed E-state index contributed by atoms with van der Waals surface area (Å²) >= 11 is 0. The lowest BCUT2D eigenvalue weighted by atomic mass is 10.2. The molecule has 0 aromatic heterocycles. The first kappa shape index (κ1) is 23.7. The van der Waals surface area contributed by atoms with E-state index >= 15 is 0 Å². The van der Waals surface area contributed by atoms with Gasteiger partial charge in [0.05, 0.1) is 28.5 Å². The Morgan fingerprint density at radius 1 is 0.939 bits per heavy atom. The van der Waals surface area contributed by atoms with Gasteiger partial charge in [-0.3, -0.25) is 4.79 Å². The lowest BCUT2D eigenvalue weighted by molar-refractivity contribution is -0.0440. The number of para-hydroxylation sites is 2. The molecule has 9 heteroatoms. The molecule has 1 amide bonds. The van der Waals surface area contributed by atoms with E-state index < -0.39 is 10.0 Å². The molecule has 33 heavy (non-hydrogen) atoms. The van der Waals surface area contributed by atoms with Gasteiger partial charge in [-0.05, 0) is 57.3 Å². The van der Waals surface area contributed by atoms with E-state index in [0.717, 1.165) is 37.6 Å². The van der Waals surface area contributed by atoms with E-state index in [-0.39, 0.29) is 23.0 Å². The molecular weight excluding hydrogens is 440 g/mol. The Balaban J connectivity index is 1.47. The second kappa shape index (κ2) is 9.80. The van der Waals surface area contributed by atoms with E-state index in [2.05, 4.69) is 22.2 Å². The topological polar surface area (TPSA) is 82.2 Å². The van der Waals surface area contributed by atoms with Gasteiger partial charge in [-0.1, -0.05) is 12.1 Å². The molecule has 178 valence electrons. The molecule has 8 nitrogen and oxygen atoms in total. The molecule has 0 saturated carbocycles. The van der Waals surface area contributed by atoms with Crippen LogP contribution in [0, 0.1) is 0 Å². The summed E-state index contributed by atoms with van der Waals surface area (Å²) in [5, 5.41) is 3.00. The largest absolute Gasteiger partial charge is 0.373 e. The number of likely N-dealkylation sites (N-methyl/N-ethyl adjacent to an activating group) is 1. The Labute approximate surface area is 196 Å². The maximum absolute atomic E-state index is 13.1. The third-order valence-corrected chi connectivity index (χ3v) is 7.98. The molecule has 2 atom stereocenters. The molecule has 0 spiro atoms. The fourth-order valence-electron chi connectivity index (χ4n) is 4.35. The molecule has 2 heterocycles. The van der Waals surface area contributed by atoms with Gasteiger partial charge in [-0.15, -0.1) is 0 Å². The van der Waals surface area contributed by atoms with Crippen molar-refractivity contribution in [2.24, 2.45) is 0 Å². The fraction of sp³-hybridized carbons (Fsp3) is 0.458. The smallest absolute Gasteiger partial charge is 0.255 e. The molecule has 2 aromatic rings. The number of carbonyl (C=O) groups excluding carboxylic acids is 1. The van der Waals surface area contributed by atoms with Crippen molar-refractivity contribution in [2.75, 3.05) is 56.5 Å². The molecule has 2 aliphatic rings. The van der Waals surface area contributed by atoms with E-state index in [9.17, 15) is 13.2 Å². The number of amides is 1. The molecule has 2 fully saturated rings. The zero-order chi connectivity index (χ0) is 23.6. The van der Waals surface area contributed by atoms with Crippen LogP contribution in [0.1, 0.15) is 24.2 Å². The van der Waals surface area contributed by atoms with Crippen LogP contribution >= 0.6 is 0 Å². The average Bonchev–Trinajstić information content (AvgIpc) is 2.79. The number of ether oxygens (including phenoxy) is 1. The van der Waals surface area contributed by atoms with Crippen LogP contribution in [0.3, 0.4) is 0 Å². The quantitative estimate of drug-likeness (QED) is 0.720. The molecule has 2 aliphatic heterocycles. The summed E-state index contributed by atoms with van der Waals surface area (Å²) < 4.78 is 33.2. The van der Waals surface area contributed by atoms with Crippen LogP contribution in [0.2, 0.25) is 0 Å². The third kappa shape index (κ3) is 5.38. The molecule has 2 aromatic carbocycles. The van der Waals surface area contributed by atoms with Crippen molar-refractivity contribution in [3.63, 3.8) is 0 Å². The first-order valence-corrected chi connectivity index (χ1v) is 12.8. The number of hydrogen-bond donors (Lipinski definition) is 1. The lowest BCUT2D eigenvalue weighted by Gasteiger charge is -2.35. The van der Waals surface area contributed by atoms with E-state index in [1.807, 2.05) is 38.1 Å². The molecule has 1 N–H and O–H groups in total. The molecule has 2 saturated heterocycles. The standard InChI is InChI=1S/C24H32N4O4S/c1-18-16-28(17-19(2)32-18)33(30,31)21-10-8-20(9-11-21)24(29)25-22-6-4-5-7-23(22)27-14-12-26(3)13-15-27/h4-11,18-19H,12-17H2,1-3H3,(H,25,29)/t18-,19-/m1/s1. The maximum Gasteiger partial charge on any atom is 0.255 e. The van der Waals surface area contributed by atoms with Gasteiger partial charge in [0.1, 0.15) is 0 Å². The van der Waals surface area contributed by atoms with Gasteiger partial charge < -0.3 is 19.9 Å². The van der Waals surface area contributed by atoms with Crippen molar-refractivity contribution >= 4 is 27.3 Å². The Kier molecular flexibility index (Phi) is 7.04. The van der Waals surface area contributed by atoms with Crippen LogP contribution < -0.4 is 10.2 Å². The van der Waals surface area contributed by atoms with Gasteiger partial charge in [-0.2, -0.15) is 4.31 Å². The van der Waals surface area contributed by atoms with Crippen molar-refractivity contribution in [3.8, 4) is 0 Å². The Hall–Kier alpha value is -2.46. The number of piperazine rings is 1. The average molecular weight is 473 g/mol. The Morgan fingerprint density at radius 3 is 2.18 bits per heavy atom. The van der Waals surface area contributed by atoms with Crippen LogP contribution in [0.5, 0.6) is 0 Å². The summed E-state index contributed by atoms with van der Waals surface area (Å²) in [5.74, 6) is -0.269. The molecule has 0 aliphatic carbocycles. The molecular formula is C24H32N4O4S. The summed E-state index contributed by atoms with van der Waals surface area (Å²) in [7, 11) is -1.54. The molecule has 0 bridgehead atoms. The van der Waals surface area contributed by atoms with Crippen molar-refractivity contribution in [1.29, 1.82) is 0 Å². The summed E-state index contributed by atoms with van der Waals surface area (Å²) in [5.41, 5.74) is 2.15. The Morgan fingerprint density at radius 2 is 1.55 bits per heavy atom. The summed E-state index contributed by atoms with van der Waals surface area (Å²) in [4.78, 5) is 17.7. The zero-order valence-electron chi connectivity index (χ0n) is 19.4. The highest BCUT2D eigenvalue weighted by Crippen LogP contribution is 2.27. The second-order valence-corrected chi connectivity index (χ2v) is 10.8. The summed E-state index contributed by atoms with van der Waals surface area (Å²) in [6.07, 6.45) is -0.317. The van der Waals surface area contributed by atoms with Crippen LogP contribution in [-0.4, -0.2) is 82.1 Å². The minimum atomic E-state index is -3.64. The summed E-state index contributed by atoms with van der Waals surface area (Å²) in [6, 6.07) is 13.9. The minimum Gasteiger partial charge on any atom is -0.373 e. The first-order valence-electron chi connectivity index (χ1n) is 11.3. The van der Waals surface area contributed by atoms with Crippen molar-refractivity contribution in [1.82, 2.24) is 9.21 Å². The number of benzene rings is 2. The highest BCUT2D eigenvalue weighted by molar-refractivity contribution is 7.89. The predicted molar refractivity (Wildman–Crippen MR) is 129 cm³/mol. The van der Waals surface area contributed by atoms with E-state index in [4.69, 9.17) is 4.74 Å². The highest BCUT2D eigenvalue weighted by Gasteiger charge is 2.32. The Bertz CT molecular complexity index is 1070. The summed E-state index contributed by atoms with van der Waals surface area (Å²) in [6.45, 7) is 8.11. The van der Waals surface area contributed by atoms with Crippen LogP contribution in [0.4, 0.5) is 11.4 Å². The van der Waals surface area contributed by atoms with Crippen molar-refractivity contribution < 1.29 is 17.9 Å². The van der Waals surface area contributed by atoms with Crippen molar-refractivity contribution in [3.05, 3.63) is 54.1 Å². The van der Waals surface area contributed by atoms with Gasteiger partial charge in [-0.25, -0.2) is 8.42 Å². The number of nitrogens with zero attached hydrogens (tertiary/aromatic N) is 3. The lowest BCUT2D eigenvalue weighted by Crippen LogP contribution is -2.48. The third-order valence-electron chi connectivity index (χ3n) is 6.14. The normalized spacial score (nSPS) is 22.8. The number of rotatable bonds is 5. The predicted octanol–water partition coefficient (Wildman–Crippen LogP) is 2.49. The molecule has 0 radical (unpaired) electrons. The minimum absolute atomic E-state index is 0.158.